The van der Waals surface area contributed by atoms with Crippen molar-refractivity contribution < 1.29 is 9.84 Å². The Morgan fingerprint density at radius 1 is 1.31 bits per heavy atom. The quantitative estimate of drug-likeness (QED) is 0.815. The van der Waals surface area contributed by atoms with Gasteiger partial charge in [-0.25, -0.2) is 4.98 Å². The van der Waals surface area contributed by atoms with Gasteiger partial charge in [-0.15, -0.1) is 0 Å². The van der Waals surface area contributed by atoms with Crippen LogP contribution in [0.25, 0.3) is 10.8 Å². The standard InChI is InChI=1S/C12H12ClNO2/c1-7(2)16-8-3-4-9-10(5-8)11(15)6-14-12(9)13/h3-7,15H,1-2H3. The minimum atomic E-state index is 0.0944. The van der Waals surface area contributed by atoms with E-state index >= 15 is 0 Å². The van der Waals surface area contributed by atoms with Gasteiger partial charge >= 0.3 is 0 Å². The summed E-state index contributed by atoms with van der Waals surface area (Å²) < 4.78 is 5.54. The molecule has 0 saturated heterocycles. The fourth-order valence-corrected chi connectivity index (χ4v) is 1.73. The first kappa shape index (κ1) is 11.0. The molecule has 2 rings (SSSR count). The third-order valence-corrected chi connectivity index (χ3v) is 2.46. The lowest BCUT2D eigenvalue weighted by Gasteiger charge is -2.11. The highest BCUT2D eigenvalue weighted by molar-refractivity contribution is 6.34. The fraction of sp³-hybridized carbons (Fsp3) is 0.250. The van der Waals surface area contributed by atoms with Crippen molar-refractivity contribution >= 4 is 22.4 Å². The fourth-order valence-electron chi connectivity index (χ4n) is 1.52. The zero-order valence-corrected chi connectivity index (χ0v) is 9.82. The lowest BCUT2D eigenvalue weighted by atomic mass is 10.1. The molecule has 0 radical (unpaired) electrons. The van der Waals surface area contributed by atoms with Crippen LogP contribution in [0.3, 0.4) is 0 Å². The number of aromatic hydroxyl groups is 1. The molecule has 0 amide bonds. The van der Waals surface area contributed by atoms with E-state index in [1.807, 2.05) is 19.9 Å². The van der Waals surface area contributed by atoms with Crippen LogP contribution in [0.15, 0.2) is 24.4 Å². The maximum atomic E-state index is 9.68. The van der Waals surface area contributed by atoms with Crippen LogP contribution in [0.4, 0.5) is 0 Å². The van der Waals surface area contributed by atoms with E-state index in [4.69, 9.17) is 16.3 Å². The van der Waals surface area contributed by atoms with Crippen LogP contribution in [0, 0.1) is 0 Å². The van der Waals surface area contributed by atoms with Crippen molar-refractivity contribution in [3.8, 4) is 11.5 Å². The summed E-state index contributed by atoms with van der Waals surface area (Å²) in [5.74, 6) is 0.814. The first-order valence-corrected chi connectivity index (χ1v) is 5.39. The zero-order chi connectivity index (χ0) is 11.7. The van der Waals surface area contributed by atoms with E-state index in [9.17, 15) is 5.11 Å². The summed E-state index contributed by atoms with van der Waals surface area (Å²) in [5.41, 5.74) is 0. The summed E-state index contributed by atoms with van der Waals surface area (Å²) in [6.45, 7) is 3.90. The number of aromatic nitrogens is 1. The molecule has 16 heavy (non-hydrogen) atoms. The van der Waals surface area contributed by atoms with E-state index in [1.165, 1.54) is 6.20 Å². The van der Waals surface area contributed by atoms with E-state index < -0.39 is 0 Å². The molecule has 0 bridgehead atoms. The molecule has 1 heterocycles. The van der Waals surface area contributed by atoms with Crippen molar-refractivity contribution in [1.29, 1.82) is 0 Å². The molecule has 0 aliphatic carbocycles. The van der Waals surface area contributed by atoms with Crippen molar-refractivity contribution in [3.05, 3.63) is 29.5 Å². The van der Waals surface area contributed by atoms with Gasteiger partial charge in [-0.05, 0) is 32.0 Å². The molecule has 0 unspecified atom stereocenters. The van der Waals surface area contributed by atoms with Gasteiger partial charge in [-0.3, -0.25) is 0 Å². The summed E-state index contributed by atoms with van der Waals surface area (Å²) in [5, 5.41) is 11.4. The number of ether oxygens (including phenoxy) is 1. The van der Waals surface area contributed by atoms with E-state index in [0.29, 0.717) is 16.3 Å². The largest absolute Gasteiger partial charge is 0.506 e. The SMILES string of the molecule is CC(C)Oc1ccc2c(Cl)ncc(O)c2c1. The second-order valence-electron chi connectivity index (χ2n) is 3.81. The van der Waals surface area contributed by atoms with Gasteiger partial charge in [0.2, 0.25) is 0 Å². The average molecular weight is 238 g/mol. The van der Waals surface area contributed by atoms with Crippen molar-refractivity contribution in [2.45, 2.75) is 20.0 Å². The number of nitrogens with zero attached hydrogens (tertiary/aromatic N) is 1. The van der Waals surface area contributed by atoms with Crippen LogP contribution in [-0.2, 0) is 0 Å². The zero-order valence-electron chi connectivity index (χ0n) is 9.07. The van der Waals surface area contributed by atoms with Crippen LogP contribution in [0.5, 0.6) is 11.5 Å². The van der Waals surface area contributed by atoms with Crippen molar-refractivity contribution in [2.75, 3.05) is 0 Å². The summed E-state index contributed by atoms with van der Waals surface area (Å²) in [6.07, 6.45) is 1.43. The Morgan fingerprint density at radius 3 is 2.75 bits per heavy atom. The third kappa shape index (κ3) is 2.04. The Hall–Kier alpha value is -1.48. The summed E-state index contributed by atoms with van der Waals surface area (Å²) in [7, 11) is 0. The molecule has 84 valence electrons. The van der Waals surface area contributed by atoms with Crippen molar-refractivity contribution in [3.63, 3.8) is 0 Å². The van der Waals surface area contributed by atoms with Gasteiger partial charge in [0.25, 0.3) is 0 Å². The van der Waals surface area contributed by atoms with Crippen LogP contribution in [-0.4, -0.2) is 16.2 Å². The minimum Gasteiger partial charge on any atom is -0.506 e. The molecule has 0 spiro atoms. The van der Waals surface area contributed by atoms with E-state index in [2.05, 4.69) is 4.98 Å². The maximum absolute atomic E-state index is 9.68. The smallest absolute Gasteiger partial charge is 0.141 e. The first-order valence-electron chi connectivity index (χ1n) is 5.02. The molecule has 0 aliphatic heterocycles. The van der Waals surface area contributed by atoms with Crippen molar-refractivity contribution in [1.82, 2.24) is 4.98 Å². The van der Waals surface area contributed by atoms with Gasteiger partial charge in [0.1, 0.15) is 16.7 Å². The van der Waals surface area contributed by atoms with Crippen molar-refractivity contribution in [2.24, 2.45) is 0 Å². The van der Waals surface area contributed by atoms with Gasteiger partial charge in [-0.1, -0.05) is 11.6 Å². The molecular weight excluding hydrogens is 226 g/mol. The number of halogens is 1. The molecule has 4 heteroatoms. The normalized spacial score (nSPS) is 11.0. The summed E-state index contributed by atoms with van der Waals surface area (Å²) in [6, 6.07) is 5.37. The Bertz CT molecular complexity index is 526. The molecule has 2 aromatic rings. The Morgan fingerprint density at radius 2 is 2.06 bits per heavy atom. The molecular formula is C12H12ClNO2. The summed E-state index contributed by atoms with van der Waals surface area (Å²) >= 11 is 5.92. The van der Waals surface area contributed by atoms with Crippen LogP contribution < -0.4 is 4.74 Å². The third-order valence-electron chi connectivity index (χ3n) is 2.16. The molecule has 0 atom stereocenters. The predicted molar refractivity (Wildman–Crippen MR) is 64.2 cm³/mol. The number of hydrogen-bond acceptors (Lipinski definition) is 3. The Kier molecular flexibility index (Phi) is 2.88. The van der Waals surface area contributed by atoms with E-state index in [-0.39, 0.29) is 11.9 Å². The topological polar surface area (TPSA) is 42.4 Å². The number of rotatable bonds is 2. The summed E-state index contributed by atoms with van der Waals surface area (Å²) in [4.78, 5) is 3.87. The molecule has 1 N–H and O–H groups in total. The molecule has 0 aliphatic rings. The van der Waals surface area contributed by atoms with Crippen LogP contribution in [0.2, 0.25) is 5.15 Å². The molecule has 0 saturated carbocycles. The number of hydrogen-bond donors (Lipinski definition) is 1. The monoisotopic (exact) mass is 237 g/mol. The van der Waals surface area contributed by atoms with Crippen LogP contribution >= 0.6 is 11.6 Å². The number of pyridine rings is 1. The van der Waals surface area contributed by atoms with Gasteiger partial charge in [0.15, 0.2) is 0 Å². The lowest BCUT2D eigenvalue weighted by Crippen LogP contribution is -2.05. The minimum absolute atomic E-state index is 0.0944. The van der Waals surface area contributed by atoms with Gasteiger partial charge in [-0.2, -0.15) is 0 Å². The molecule has 3 nitrogen and oxygen atoms in total. The Balaban J connectivity index is 2.57. The molecule has 0 fully saturated rings. The second kappa shape index (κ2) is 4.18. The maximum Gasteiger partial charge on any atom is 0.141 e. The molecule has 1 aromatic carbocycles. The van der Waals surface area contributed by atoms with E-state index in [1.54, 1.807) is 12.1 Å². The Labute approximate surface area is 98.6 Å². The predicted octanol–water partition coefficient (Wildman–Crippen LogP) is 3.38. The molecule has 1 aromatic heterocycles. The van der Waals surface area contributed by atoms with Crippen LogP contribution in [0.1, 0.15) is 13.8 Å². The first-order chi connectivity index (χ1) is 7.58. The van der Waals surface area contributed by atoms with E-state index in [0.717, 1.165) is 5.39 Å². The highest BCUT2D eigenvalue weighted by atomic mass is 35.5. The lowest BCUT2D eigenvalue weighted by molar-refractivity contribution is 0.242. The number of benzene rings is 1. The van der Waals surface area contributed by atoms with Gasteiger partial charge in [0, 0.05) is 10.8 Å². The second-order valence-corrected chi connectivity index (χ2v) is 4.17. The highest BCUT2D eigenvalue weighted by Gasteiger charge is 2.07. The van der Waals surface area contributed by atoms with Gasteiger partial charge < -0.3 is 9.84 Å². The van der Waals surface area contributed by atoms with Gasteiger partial charge in [0.05, 0.1) is 12.3 Å². The average Bonchev–Trinajstić information content (AvgIpc) is 2.23. The number of fused-ring (bicyclic) bond motifs is 1. The highest BCUT2D eigenvalue weighted by Crippen LogP contribution is 2.31.